The lowest BCUT2D eigenvalue weighted by atomic mass is 10.3. The van der Waals surface area contributed by atoms with E-state index in [0.29, 0.717) is 17.9 Å². The molecule has 0 aliphatic rings. The third-order valence-electron chi connectivity index (χ3n) is 3.37. The highest BCUT2D eigenvalue weighted by atomic mass is 16.5. The Kier molecular flexibility index (Phi) is 5.32. The number of ether oxygens (including phenoxy) is 1. The highest BCUT2D eigenvalue weighted by Gasteiger charge is 2.16. The molecule has 0 saturated heterocycles. The van der Waals surface area contributed by atoms with Crippen molar-refractivity contribution < 1.29 is 9.53 Å². The van der Waals surface area contributed by atoms with Gasteiger partial charge in [-0.05, 0) is 26.9 Å². The van der Waals surface area contributed by atoms with Crippen LogP contribution in [0.15, 0.2) is 17.1 Å². The monoisotopic (exact) mass is 306 g/mol. The summed E-state index contributed by atoms with van der Waals surface area (Å²) in [6.07, 6.45) is 3.66. The van der Waals surface area contributed by atoms with E-state index in [-0.39, 0.29) is 17.7 Å². The maximum atomic E-state index is 12.1. The van der Waals surface area contributed by atoms with Gasteiger partial charge in [-0.1, -0.05) is 13.3 Å². The molecule has 0 aromatic carbocycles. The summed E-state index contributed by atoms with van der Waals surface area (Å²) in [5.74, 6) is -0.482. The molecule has 22 heavy (non-hydrogen) atoms. The highest BCUT2D eigenvalue weighted by Crippen LogP contribution is 2.09. The predicted molar refractivity (Wildman–Crippen MR) is 83.0 cm³/mol. The minimum atomic E-state index is -0.482. The van der Waals surface area contributed by atoms with E-state index in [9.17, 15) is 9.59 Å². The summed E-state index contributed by atoms with van der Waals surface area (Å²) < 4.78 is 6.24. The van der Waals surface area contributed by atoms with E-state index in [4.69, 9.17) is 4.74 Å². The predicted octanol–water partition coefficient (Wildman–Crippen LogP) is 1.43. The number of H-pyrrole nitrogens is 1. The normalized spacial score (nSPS) is 11.3. The maximum Gasteiger partial charge on any atom is 0.343 e. The van der Waals surface area contributed by atoms with E-state index in [2.05, 4.69) is 21.9 Å². The lowest BCUT2D eigenvalue weighted by molar-refractivity contribution is 0.0528. The van der Waals surface area contributed by atoms with E-state index in [1.54, 1.807) is 6.92 Å². The van der Waals surface area contributed by atoms with Gasteiger partial charge in [0, 0.05) is 18.8 Å². The first-order valence-corrected chi connectivity index (χ1v) is 7.52. The molecule has 2 aromatic heterocycles. The van der Waals surface area contributed by atoms with Gasteiger partial charge in [0.25, 0.3) is 5.56 Å². The van der Waals surface area contributed by atoms with Crippen LogP contribution in [-0.4, -0.2) is 45.7 Å². The first-order chi connectivity index (χ1) is 10.6. The standard InChI is InChI=1S/C15H22N4O3/c1-4-6-7-18(3)10-11-8-13(20)19-14(17-11)12(9-16-19)15(21)22-5-2/h8-9,16H,4-7,10H2,1-3H3. The molecule has 0 amide bonds. The van der Waals surface area contributed by atoms with Crippen LogP contribution >= 0.6 is 0 Å². The molecule has 120 valence electrons. The molecule has 1 N–H and O–H groups in total. The number of carbonyl (C=O) groups excluding carboxylic acids is 1. The van der Waals surface area contributed by atoms with Gasteiger partial charge in [-0.3, -0.25) is 9.89 Å². The van der Waals surface area contributed by atoms with E-state index in [0.717, 1.165) is 19.4 Å². The minimum Gasteiger partial charge on any atom is -0.462 e. The summed E-state index contributed by atoms with van der Waals surface area (Å²) in [7, 11) is 1.99. The average molecular weight is 306 g/mol. The number of fused-ring (bicyclic) bond motifs is 1. The minimum absolute atomic E-state index is 0.237. The van der Waals surface area contributed by atoms with Gasteiger partial charge in [-0.15, -0.1) is 0 Å². The van der Waals surface area contributed by atoms with Crippen molar-refractivity contribution in [2.75, 3.05) is 20.2 Å². The van der Waals surface area contributed by atoms with Gasteiger partial charge in [0.1, 0.15) is 5.56 Å². The largest absolute Gasteiger partial charge is 0.462 e. The number of nitrogens with one attached hydrogen (secondary N) is 1. The van der Waals surface area contributed by atoms with Crippen LogP contribution in [0.3, 0.4) is 0 Å². The summed E-state index contributed by atoms with van der Waals surface area (Å²) >= 11 is 0. The molecule has 0 saturated carbocycles. The average Bonchev–Trinajstić information content (AvgIpc) is 2.89. The number of hydrogen-bond donors (Lipinski definition) is 1. The number of hydrogen-bond acceptors (Lipinski definition) is 5. The number of aromatic nitrogens is 3. The lowest BCUT2D eigenvalue weighted by Crippen LogP contribution is -2.23. The van der Waals surface area contributed by atoms with E-state index in [1.165, 1.54) is 16.8 Å². The SMILES string of the molecule is CCCCN(C)Cc1cc(=O)n2[nH]cc(C(=O)OCC)c2n1. The van der Waals surface area contributed by atoms with Crippen molar-refractivity contribution in [3.05, 3.63) is 33.9 Å². The van der Waals surface area contributed by atoms with Crippen molar-refractivity contribution in [1.82, 2.24) is 19.5 Å². The van der Waals surface area contributed by atoms with Crippen molar-refractivity contribution in [3.8, 4) is 0 Å². The number of aromatic amines is 1. The third-order valence-corrected chi connectivity index (χ3v) is 3.37. The van der Waals surface area contributed by atoms with E-state index >= 15 is 0 Å². The van der Waals surface area contributed by atoms with Gasteiger partial charge < -0.3 is 9.64 Å². The Hall–Kier alpha value is -2.15. The van der Waals surface area contributed by atoms with Crippen LogP contribution in [0.25, 0.3) is 5.65 Å². The molecule has 0 aliphatic carbocycles. The fourth-order valence-corrected chi connectivity index (χ4v) is 2.25. The molecule has 7 heteroatoms. The molecule has 0 radical (unpaired) electrons. The lowest BCUT2D eigenvalue weighted by Gasteiger charge is -2.15. The second-order valence-electron chi connectivity index (χ2n) is 5.24. The van der Waals surface area contributed by atoms with Gasteiger partial charge >= 0.3 is 5.97 Å². The Labute approximate surface area is 128 Å². The Morgan fingerprint density at radius 1 is 1.45 bits per heavy atom. The molecule has 0 spiro atoms. The molecule has 0 unspecified atom stereocenters. The third kappa shape index (κ3) is 3.54. The van der Waals surface area contributed by atoms with Gasteiger partial charge in [0.2, 0.25) is 0 Å². The molecular weight excluding hydrogens is 284 g/mol. The zero-order chi connectivity index (χ0) is 16.1. The van der Waals surface area contributed by atoms with Crippen molar-refractivity contribution in [2.24, 2.45) is 0 Å². The number of rotatable bonds is 7. The number of unbranched alkanes of at least 4 members (excludes halogenated alkanes) is 1. The molecule has 0 atom stereocenters. The summed E-state index contributed by atoms with van der Waals surface area (Å²) in [5, 5.41) is 2.74. The number of carbonyl (C=O) groups is 1. The number of nitrogens with zero attached hydrogens (tertiary/aromatic N) is 3. The zero-order valence-corrected chi connectivity index (χ0v) is 13.3. The van der Waals surface area contributed by atoms with Crippen LogP contribution < -0.4 is 5.56 Å². The molecule has 2 heterocycles. The van der Waals surface area contributed by atoms with Crippen molar-refractivity contribution in [3.63, 3.8) is 0 Å². The molecule has 7 nitrogen and oxygen atoms in total. The first kappa shape index (κ1) is 16.2. The Morgan fingerprint density at radius 3 is 2.91 bits per heavy atom. The van der Waals surface area contributed by atoms with Crippen LogP contribution in [-0.2, 0) is 11.3 Å². The Morgan fingerprint density at radius 2 is 2.23 bits per heavy atom. The van der Waals surface area contributed by atoms with Gasteiger partial charge in [-0.25, -0.2) is 14.3 Å². The summed E-state index contributed by atoms with van der Waals surface area (Å²) in [6, 6.07) is 1.49. The van der Waals surface area contributed by atoms with Gasteiger partial charge in [-0.2, -0.15) is 0 Å². The van der Waals surface area contributed by atoms with Crippen LogP contribution in [0.2, 0.25) is 0 Å². The zero-order valence-electron chi connectivity index (χ0n) is 13.3. The van der Waals surface area contributed by atoms with Crippen LogP contribution in [0.4, 0.5) is 0 Å². The smallest absolute Gasteiger partial charge is 0.343 e. The summed E-state index contributed by atoms with van der Waals surface area (Å²) in [4.78, 5) is 30.6. The maximum absolute atomic E-state index is 12.1. The van der Waals surface area contributed by atoms with Crippen molar-refractivity contribution >= 4 is 11.6 Å². The quantitative estimate of drug-likeness (QED) is 0.783. The molecule has 0 aliphatic heterocycles. The summed E-state index contributed by atoms with van der Waals surface area (Å²) in [5.41, 5.74) is 0.995. The fraction of sp³-hybridized carbons (Fsp3) is 0.533. The highest BCUT2D eigenvalue weighted by molar-refractivity contribution is 5.95. The Bertz CT molecular complexity index is 704. The van der Waals surface area contributed by atoms with Crippen molar-refractivity contribution in [2.45, 2.75) is 33.2 Å². The van der Waals surface area contributed by atoms with Gasteiger partial charge in [0.05, 0.1) is 12.3 Å². The second-order valence-corrected chi connectivity index (χ2v) is 5.24. The topological polar surface area (TPSA) is 79.7 Å². The first-order valence-electron chi connectivity index (χ1n) is 7.52. The second kappa shape index (κ2) is 7.22. The van der Waals surface area contributed by atoms with Crippen molar-refractivity contribution in [1.29, 1.82) is 0 Å². The Balaban J connectivity index is 2.31. The van der Waals surface area contributed by atoms with Crippen LogP contribution in [0.5, 0.6) is 0 Å². The van der Waals surface area contributed by atoms with E-state index in [1.807, 2.05) is 7.05 Å². The van der Waals surface area contributed by atoms with E-state index < -0.39 is 5.97 Å². The molecule has 2 rings (SSSR count). The molecule has 2 aromatic rings. The molecular formula is C15H22N4O3. The fourth-order valence-electron chi connectivity index (χ4n) is 2.25. The van der Waals surface area contributed by atoms with Crippen LogP contribution in [0.1, 0.15) is 42.7 Å². The molecule has 0 fully saturated rings. The molecule has 0 bridgehead atoms. The summed E-state index contributed by atoms with van der Waals surface area (Å²) in [6.45, 7) is 5.66. The van der Waals surface area contributed by atoms with Crippen LogP contribution in [0, 0.1) is 0 Å². The number of esters is 1. The van der Waals surface area contributed by atoms with Gasteiger partial charge in [0.15, 0.2) is 5.65 Å².